The van der Waals surface area contributed by atoms with Crippen molar-refractivity contribution in [1.29, 1.82) is 0 Å². The molecule has 0 spiro atoms. The second-order valence-electron chi connectivity index (χ2n) is 6.01. The van der Waals surface area contributed by atoms with Crippen LogP contribution in [-0.4, -0.2) is 52.9 Å². The minimum Gasteiger partial charge on any atom is -0.334 e. The molecule has 2 aromatic rings. The Labute approximate surface area is 134 Å². The molecule has 2 aromatic heterocycles. The van der Waals surface area contributed by atoms with Gasteiger partial charge in [0.1, 0.15) is 0 Å². The number of rotatable bonds is 2. The zero-order chi connectivity index (χ0) is 14.9. The number of nitrogens with zero attached hydrogens (tertiary/aromatic N) is 3. The van der Waals surface area contributed by atoms with Crippen LogP contribution in [-0.2, 0) is 0 Å². The van der Waals surface area contributed by atoms with E-state index in [0.29, 0.717) is 6.04 Å². The fourth-order valence-electron chi connectivity index (χ4n) is 3.43. The summed E-state index contributed by atoms with van der Waals surface area (Å²) in [6.45, 7) is 4.16. The molecule has 0 aliphatic carbocycles. The number of carbonyl (C=O) groups is 1. The molecule has 3 saturated heterocycles. The summed E-state index contributed by atoms with van der Waals surface area (Å²) in [4.78, 5) is 22.5. The molecule has 0 atom stereocenters. The van der Waals surface area contributed by atoms with Gasteiger partial charge in [0.25, 0.3) is 5.91 Å². The van der Waals surface area contributed by atoms with E-state index in [1.54, 1.807) is 17.5 Å². The Bertz CT molecular complexity index is 662. The molecule has 0 saturated carbocycles. The number of hydrogen-bond acceptors (Lipinski definition) is 4. The van der Waals surface area contributed by atoms with Gasteiger partial charge in [-0.3, -0.25) is 9.78 Å². The van der Waals surface area contributed by atoms with Gasteiger partial charge in [-0.2, -0.15) is 0 Å². The quantitative estimate of drug-likeness (QED) is 0.855. The van der Waals surface area contributed by atoms with Crippen LogP contribution in [0.5, 0.6) is 0 Å². The van der Waals surface area contributed by atoms with E-state index in [-0.39, 0.29) is 5.91 Å². The maximum atomic E-state index is 12.9. The highest BCUT2D eigenvalue weighted by Gasteiger charge is 2.32. The van der Waals surface area contributed by atoms with Crippen LogP contribution in [0.4, 0.5) is 0 Å². The summed E-state index contributed by atoms with van der Waals surface area (Å²) in [6, 6.07) is 6.40. The van der Waals surface area contributed by atoms with Crippen molar-refractivity contribution in [2.75, 3.05) is 26.2 Å². The van der Waals surface area contributed by atoms with E-state index in [2.05, 4.69) is 20.2 Å². The van der Waals surface area contributed by atoms with Gasteiger partial charge in [-0.15, -0.1) is 11.3 Å². The van der Waals surface area contributed by atoms with Crippen LogP contribution in [0.15, 0.2) is 36.0 Å². The zero-order valence-electron chi connectivity index (χ0n) is 12.4. The molecule has 3 fully saturated rings. The molecule has 5 heteroatoms. The topological polar surface area (TPSA) is 36.4 Å². The third kappa shape index (κ3) is 2.55. The lowest BCUT2D eigenvalue weighted by Crippen LogP contribution is -2.41. The first-order valence-electron chi connectivity index (χ1n) is 7.83. The van der Waals surface area contributed by atoms with Gasteiger partial charge in [0, 0.05) is 50.2 Å². The Morgan fingerprint density at radius 3 is 2.82 bits per heavy atom. The van der Waals surface area contributed by atoms with Crippen LogP contribution < -0.4 is 0 Å². The second-order valence-corrected chi connectivity index (χ2v) is 6.92. The largest absolute Gasteiger partial charge is 0.334 e. The molecule has 3 aliphatic rings. The van der Waals surface area contributed by atoms with Crippen molar-refractivity contribution < 1.29 is 4.79 Å². The van der Waals surface area contributed by atoms with E-state index in [1.807, 2.05) is 24.4 Å². The van der Waals surface area contributed by atoms with Crippen molar-refractivity contribution in [3.63, 3.8) is 0 Å². The summed E-state index contributed by atoms with van der Waals surface area (Å²) in [5, 5.41) is 2.06. The van der Waals surface area contributed by atoms with Crippen LogP contribution in [0.1, 0.15) is 22.5 Å². The van der Waals surface area contributed by atoms with E-state index in [0.717, 1.165) is 55.0 Å². The van der Waals surface area contributed by atoms with Gasteiger partial charge in [0.15, 0.2) is 0 Å². The average molecular weight is 313 g/mol. The number of hydrogen-bond donors (Lipinski definition) is 0. The lowest BCUT2D eigenvalue weighted by molar-refractivity contribution is 0.0690. The summed E-state index contributed by atoms with van der Waals surface area (Å²) in [5.74, 6) is 0.203. The van der Waals surface area contributed by atoms with E-state index < -0.39 is 0 Å². The van der Waals surface area contributed by atoms with Crippen LogP contribution >= 0.6 is 11.3 Å². The smallest absolute Gasteiger partial charge is 0.264 e. The lowest BCUT2D eigenvalue weighted by atomic mass is 10.0. The molecule has 0 N–H and O–H groups in total. The zero-order valence-corrected chi connectivity index (χ0v) is 13.3. The van der Waals surface area contributed by atoms with E-state index >= 15 is 0 Å². The normalized spacial score (nSPS) is 24.3. The molecule has 1 amide bonds. The maximum Gasteiger partial charge on any atom is 0.264 e. The highest BCUT2D eigenvalue weighted by Crippen LogP contribution is 2.28. The Hall–Kier alpha value is -1.72. The molecule has 3 aliphatic heterocycles. The van der Waals surface area contributed by atoms with Crippen molar-refractivity contribution in [2.45, 2.75) is 18.9 Å². The standard InChI is InChI=1S/C17H19N3OS/c21-17(20-9-8-19-6-3-15(20)4-7-19)16-10-14(12-22-16)13-2-1-5-18-11-13/h1-2,5,10-12,15H,3-4,6-9H2. The molecular formula is C17H19N3OS. The minimum atomic E-state index is 0.203. The molecule has 5 heterocycles. The van der Waals surface area contributed by atoms with Crippen molar-refractivity contribution >= 4 is 17.2 Å². The predicted molar refractivity (Wildman–Crippen MR) is 88.0 cm³/mol. The van der Waals surface area contributed by atoms with Gasteiger partial charge < -0.3 is 9.80 Å². The predicted octanol–water partition coefficient (Wildman–Crippen LogP) is 2.73. The van der Waals surface area contributed by atoms with Gasteiger partial charge in [-0.1, -0.05) is 6.07 Å². The number of aromatic nitrogens is 1. The van der Waals surface area contributed by atoms with Gasteiger partial charge in [0.2, 0.25) is 0 Å². The van der Waals surface area contributed by atoms with Crippen molar-refractivity contribution in [3.8, 4) is 11.1 Å². The molecule has 0 radical (unpaired) electrons. The minimum absolute atomic E-state index is 0.203. The summed E-state index contributed by atoms with van der Waals surface area (Å²) in [6.07, 6.45) is 5.85. The Kier molecular flexibility index (Phi) is 3.68. The molecule has 5 rings (SSSR count). The average Bonchev–Trinajstić information content (AvgIpc) is 2.88. The highest BCUT2D eigenvalue weighted by molar-refractivity contribution is 7.12. The molecule has 114 valence electrons. The summed E-state index contributed by atoms with van der Waals surface area (Å²) in [7, 11) is 0. The SMILES string of the molecule is O=C(c1cc(-c2cccnc2)cs1)N1CCN2CCC1CC2. The van der Waals surface area contributed by atoms with Gasteiger partial charge in [0.05, 0.1) is 4.88 Å². The second kappa shape index (κ2) is 5.82. The van der Waals surface area contributed by atoms with Gasteiger partial charge >= 0.3 is 0 Å². The molecule has 4 nitrogen and oxygen atoms in total. The number of fused-ring (bicyclic) bond motifs is 4. The lowest BCUT2D eigenvalue weighted by Gasteiger charge is -2.31. The van der Waals surface area contributed by atoms with Crippen LogP contribution in [0, 0.1) is 0 Å². The number of piperidine rings is 1. The maximum absolute atomic E-state index is 12.9. The molecule has 22 heavy (non-hydrogen) atoms. The highest BCUT2D eigenvalue weighted by atomic mass is 32.1. The van der Waals surface area contributed by atoms with E-state index in [1.165, 1.54) is 0 Å². The third-order valence-electron chi connectivity index (χ3n) is 4.72. The number of amides is 1. The molecule has 0 aromatic carbocycles. The van der Waals surface area contributed by atoms with Crippen LogP contribution in [0.3, 0.4) is 0 Å². The third-order valence-corrected chi connectivity index (χ3v) is 5.64. The molecular weight excluding hydrogens is 294 g/mol. The number of thiophene rings is 1. The first-order chi connectivity index (χ1) is 10.8. The summed E-state index contributed by atoms with van der Waals surface area (Å²) in [5.41, 5.74) is 2.16. The Morgan fingerprint density at radius 2 is 2.05 bits per heavy atom. The van der Waals surface area contributed by atoms with Crippen LogP contribution in [0.25, 0.3) is 11.1 Å². The fraction of sp³-hybridized carbons (Fsp3) is 0.412. The fourth-order valence-corrected chi connectivity index (χ4v) is 4.30. The number of carbonyl (C=O) groups excluding carboxylic acids is 1. The van der Waals surface area contributed by atoms with E-state index in [4.69, 9.17) is 0 Å². The first kappa shape index (κ1) is 13.9. The molecule has 0 unspecified atom stereocenters. The number of pyridine rings is 1. The van der Waals surface area contributed by atoms with E-state index in [9.17, 15) is 4.79 Å². The summed E-state index contributed by atoms with van der Waals surface area (Å²) >= 11 is 1.55. The Balaban J connectivity index is 1.57. The Morgan fingerprint density at radius 1 is 1.18 bits per heavy atom. The monoisotopic (exact) mass is 313 g/mol. The van der Waals surface area contributed by atoms with Crippen LogP contribution in [0.2, 0.25) is 0 Å². The van der Waals surface area contributed by atoms with Crippen molar-refractivity contribution in [3.05, 3.63) is 40.8 Å². The first-order valence-corrected chi connectivity index (χ1v) is 8.71. The van der Waals surface area contributed by atoms with Crippen molar-refractivity contribution in [2.24, 2.45) is 0 Å². The molecule has 2 bridgehead atoms. The van der Waals surface area contributed by atoms with Gasteiger partial charge in [-0.25, -0.2) is 0 Å². The summed E-state index contributed by atoms with van der Waals surface area (Å²) < 4.78 is 0. The van der Waals surface area contributed by atoms with Crippen molar-refractivity contribution in [1.82, 2.24) is 14.8 Å². The van der Waals surface area contributed by atoms with Gasteiger partial charge in [-0.05, 0) is 35.9 Å².